The molecule has 33 heavy (non-hydrogen) atoms. The number of benzene rings is 1. The van der Waals surface area contributed by atoms with Crippen LogP contribution in [0.1, 0.15) is 70.6 Å². The van der Waals surface area contributed by atoms with Crippen molar-refractivity contribution in [1.29, 1.82) is 0 Å². The first-order chi connectivity index (χ1) is 16.0. The fourth-order valence-electron chi connectivity index (χ4n) is 6.04. The van der Waals surface area contributed by atoms with Crippen LogP contribution in [0.2, 0.25) is 0 Å². The Bertz CT molecular complexity index is 779. The Morgan fingerprint density at radius 1 is 0.939 bits per heavy atom. The van der Waals surface area contributed by atoms with E-state index in [9.17, 15) is 9.59 Å². The van der Waals surface area contributed by atoms with Crippen molar-refractivity contribution in [1.82, 2.24) is 14.7 Å². The zero-order chi connectivity index (χ0) is 23.3. The van der Waals surface area contributed by atoms with Gasteiger partial charge in [0.2, 0.25) is 11.8 Å². The number of likely N-dealkylation sites (N-methyl/N-ethyl adjacent to an activating group) is 1. The predicted molar refractivity (Wildman–Crippen MR) is 133 cm³/mol. The van der Waals surface area contributed by atoms with E-state index in [1.165, 1.54) is 57.8 Å². The Balaban J connectivity index is 1.49. The summed E-state index contributed by atoms with van der Waals surface area (Å²) < 4.78 is 0. The van der Waals surface area contributed by atoms with Crippen molar-refractivity contribution in [2.45, 2.75) is 82.2 Å². The summed E-state index contributed by atoms with van der Waals surface area (Å²) in [7, 11) is 3.51. The standard InChI is InChI=1S/C27H42N4O2/c1-28(2)25(32)21-30-22-31(24-15-11-8-12-16-24)27(26(30)33)17-19-29(20-18-27)23-13-9-6-4-3-5-7-10-14-23/h8,11-12,15-16,23H,3-7,9-10,13-14,17-22H2,1-2H3. The molecule has 0 bridgehead atoms. The smallest absolute Gasteiger partial charge is 0.250 e. The number of amides is 2. The molecule has 4 rings (SSSR count). The van der Waals surface area contributed by atoms with Gasteiger partial charge in [-0.2, -0.15) is 0 Å². The fourth-order valence-corrected chi connectivity index (χ4v) is 6.04. The highest BCUT2D eigenvalue weighted by Gasteiger charge is 2.54. The molecule has 2 heterocycles. The highest BCUT2D eigenvalue weighted by molar-refractivity contribution is 5.96. The third-order valence-electron chi connectivity index (χ3n) is 8.12. The van der Waals surface area contributed by atoms with Gasteiger partial charge in [0, 0.05) is 38.9 Å². The van der Waals surface area contributed by atoms with E-state index in [1.54, 1.807) is 23.9 Å². The van der Waals surface area contributed by atoms with Gasteiger partial charge in [0.1, 0.15) is 12.1 Å². The molecule has 0 atom stereocenters. The molecule has 0 radical (unpaired) electrons. The average molecular weight is 455 g/mol. The number of piperidine rings is 1. The topological polar surface area (TPSA) is 47.1 Å². The van der Waals surface area contributed by atoms with E-state index >= 15 is 0 Å². The second kappa shape index (κ2) is 10.9. The van der Waals surface area contributed by atoms with E-state index in [0.717, 1.165) is 31.6 Å². The summed E-state index contributed by atoms with van der Waals surface area (Å²) in [5.74, 6) is 0.111. The van der Waals surface area contributed by atoms with Crippen molar-refractivity contribution in [3.05, 3.63) is 30.3 Å². The molecule has 1 spiro atoms. The fraction of sp³-hybridized carbons (Fsp3) is 0.704. The molecule has 182 valence electrons. The van der Waals surface area contributed by atoms with Crippen LogP contribution in [0.25, 0.3) is 0 Å². The van der Waals surface area contributed by atoms with E-state index in [2.05, 4.69) is 21.9 Å². The molecule has 6 heteroatoms. The minimum Gasteiger partial charge on any atom is -0.347 e. The summed E-state index contributed by atoms with van der Waals surface area (Å²) in [6, 6.07) is 10.9. The lowest BCUT2D eigenvalue weighted by atomic mass is 9.84. The molecule has 6 nitrogen and oxygen atoms in total. The van der Waals surface area contributed by atoms with Gasteiger partial charge in [-0.05, 0) is 37.8 Å². The zero-order valence-electron chi connectivity index (χ0n) is 20.7. The van der Waals surface area contributed by atoms with Crippen molar-refractivity contribution in [2.75, 3.05) is 45.3 Å². The number of likely N-dealkylation sites (tertiary alicyclic amines) is 1. The number of rotatable bonds is 4. The maximum Gasteiger partial charge on any atom is 0.250 e. The maximum atomic E-state index is 13.8. The second-order valence-electron chi connectivity index (χ2n) is 10.5. The number of anilines is 1. The van der Waals surface area contributed by atoms with Gasteiger partial charge in [-0.15, -0.1) is 0 Å². The molecule has 2 saturated heterocycles. The van der Waals surface area contributed by atoms with Crippen LogP contribution in [-0.4, -0.2) is 78.5 Å². The number of hydrogen-bond donors (Lipinski definition) is 0. The highest BCUT2D eigenvalue weighted by Crippen LogP contribution is 2.40. The molecule has 3 aliphatic rings. The third-order valence-corrected chi connectivity index (χ3v) is 8.12. The Morgan fingerprint density at radius 3 is 2.09 bits per heavy atom. The summed E-state index contributed by atoms with van der Waals surface area (Å²) in [5, 5.41) is 0. The Kier molecular flexibility index (Phi) is 7.94. The molecule has 0 N–H and O–H groups in total. The van der Waals surface area contributed by atoms with Gasteiger partial charge in [-0.3, -0.25) is 9.59 Å². The van der Waals surface area contributed by atoms with Crippen LogP contribution in [0.3, 0.4) is 0 Å². The molecule has 1 aromatic rings. The minimum atomic E-state index is -0.527. The van der Waals surface area contributed by atoms with Crippen molar-refractivity contribution in [3.63, 3.8) is 0 Å². The number of para-hydroxylation sites is 1. The molecular formula is C27H42N4O2. The Hall–Kier alpha value is -2.08. The van der Waals surface area contributed by atoms with Gasteiger partial charge in [-0.25, -0.2) is 0 Å². The molecule has 1 aromatic carbocycles. The Labute approximate surface area is 199 Å². The second-order valence-corrected chi connectivity index (χ2v) is 10.5. The van der Waals surface area contributed by atoms with Crippen LogP contribution < -0.4 is 4.90 Å². The monoisotopic (exact) mass is 454 g/mol. The first-order valence-electron chi connectivity index (χ1n) is 13.1. The van der Waals surface area contributed by atoms with Gasteiger partial charge in [0.05, 0.1) is 6.67 Å². The molecule has 0 unspecified atom stereocenters. The number of carbonyl (C=O) groups excluding carboxylic acids is 2. The molecular weight excluding hydrogens is 412 g/mol. The molecule has 2 aliphatic heterocycles. The lowest BCUT2D eigenvalue weighted by Crippen LogP contribution is -2.58. The molecule has 0 aromatic heterocycles. The normalized spacial score (nSPS) is 23.2. The van der Waals surface area contributed by atoms with E-state index in [1.807, 2.05) is 18.2 Å². The first-order valence-corrected chi connectivity index (χ1v) is 13.1. The van der Waals surface area contributed by atoms with Gasteiger partial charge in [0.15, 0.2) is 0 Å². The molecule has 3 fully saturated rings. The first kappa shape index (κ1) is 24.1. The summed E-state index contributed by atoms with van der Waals surface area (Å²) in [5.41, 5.74) is 0.554. The van der Waals surface area contributed by atoms with Crippen LogP contribution in [0.15, 0.2) is 30.3 Å². The average Bonchev–Trinajstić information content (AvgIpc) is 3.09. The third kappa shape index (κ3) is 5.37. The summed E-state index contributed by atoms with van der Waals surface area (Å²) >= 11 is 0. The van der Waals surface area contributed by atoms with E-state index < -0.39 is 5.54 Å². The predicted octanol–water partition coefficient (Wildman–Crippen LogP) is 4.11. The van der Waals surface area contributed by atoms with Crippen LogP contribution >= 0.6 is 0 Å². The number of carbonyl (C=O) groups is 2. The van der Waals surface area contributed by atoms with Crippen molar-refractivity contribution in [3.8, 4) is 0 Å². The quantitative estimate of drug-likeness (QED) is 0.687. The van der Waals surface area contributed by atoms with Crippen LogP contribution in [-0.2, 0) is 9.59 Å². The van der Waals surface area contributed by atoms with Gasteiger partial charge < -0.3 is 19.6 Å². The number of nitrogens with zero attached hydrogens (tertiary/aromatic N) is 4. The van der Waals surface area contributed by atoms with Crippen molar-refractivity contribution in [2.24, 2.45) is 0 Å². The number of hydrogen-bond acceptors (Lipinski definition) is 4. The molecule has 2 amide bonds. The highest BCUT2D eigenvalue weighted by atomic mass is 16.2. The summed E-state index contributed by atoms with van der Waals surface area (Å²) in [4.78, 5) is 34.5. The lowest BCUT2D eigenvalue weighted by molar-refractivity contribution is -0.140. The van der Waals surface area contributed by atoms with Crippen molar-refractivity contribution < 1.29 is 9.59 Å². The lowest BCUT2D eigenvalue weighted by Gasteiger charge is -2.45. The molecule has 1 saturated carbocycles. The van der Waals surface area contributed by atoms with E-state index in [4.69, 9.17) is 0 Å². The Morgan fingerprint density at radius 2 is 1.52 bits per heavy atom. The largest absolute Gasteiger partial charge is 0.347 e. The summed E-state index contributed by atoms with van der Waals surface area (Å²) in [6.07, 6.45) is 13.8. The summed E-state index contributed by atoms with van der Waals surface area (Å²) in [6.45, 7) is 2.58. The van der Waals surface area contributed by atoms with Crippen molar-refractivity contribution >= 4 is 17.5 Å². The van der Waals surface area contributed by atoms with E-state index in [-0.39, 0.29) is 18.4 Å². The maximum absolute atomic E-state index is 13.8. The molecule has 1 aliphatic carbocycles. The van der Waals surface area contributed by atoms with E-state index in [0.29, 0.717) is 12.7 Å². The van der Waals surface area contributed by atoms with Gasteiger partial charge >= 0.3 is 0 Å². The van der Waals surface area contributed by atoms with Crippen LogP contribution in [0, 0.1) is 0 Å². The minimum absolute atomic E-state index is 0.0210. The SMILES string of the molecule is CN(C)C(=O)CN1CN(c2ccccc2)C2(CCN(C3CCCCCCCCC3)CC2)C1=O. The van der Waals surface area contributed by atoms with Crippen LogP contribution in [0.5, 0.6) is 0 Å². The van der Waals surface area contributed by atoms with Gasteiger partial charge in [-0.1, -0.05) is 63.1 Å². The van der Waals surface area contributed by atoms with Gasteiger partial charge in [0.25, 0.3) is 0 Å². The van der Waals surface area contributed by atoms with Crippen LogP contribution in [0.4, 0.5) is 5.69 Å². The zero-order valence-corrected chi connectivity index (χ0v) is 20.7.